The lowest BCUT2D eigenvalue weighted by Crippen LogP contribution is -2.42. The first-order valence-corrected chi connectivity index (χ1v) is 5.82. The molecular formula is C12H18O2. The maximum absolute atomic E-state index is 11.9. The zero-order valence-electron chi connectivity index (χ0n) is 8.68. The maximum Gasteiger partial charge on any atom is 0.146 e. The lowest BCUT2D eigenvalue weighted by atomic mass is 9.67. The molecule has 0 aliphatic heterocycles. The van der Waals surface area contributed by atoms with Crippen molar-refractivity contribution in [3.8, 4) is 0 Å². The third-order valence-corrected chi connectivity index (χ3v) is 3.83. The average molecular weight is 194 g/mol. The third kappa shape index (κ3) is 1.51. The van der Waals surface area contributed by atoms with Crippen LogP contribution in [0.2, 0.25) is 0 Å². The summed E-state index contributed by atoms with van der Waals surface area (Å²) in [7, 11) is 0. The van der Waals surface area contributed by atoms with Gasteiger partial charge in [-0.05, 0) is 19.3 Å². The van der Waals surface area contributed by atoms with Gasteiger partial charge in [0.1, 0.15) is 11.6 Å². The van der Waals surface area contributed by atoms with E-state index in [0.717, 1.165) is 32.1 Å². The van der Waals surface area contributed by atoms with Crippen LogP contribution in [0.25, 0.3) is 0 Å². The van der Waals surface area contributed by atoms with E-state index in [1.165, 1.54) is 12.8 Å². The number of carbonyl (C=O) groups is 2. The van der Waals surface area contributed by atoms with Crippen LogP contribution in [-0.4, -0.2) is 11.6 Å². The molecule has 1 spiro atoms. The number of hydrogen-bond donors (Lipinski definition) is 0. The molecule has 2 rings (SSSR count). The highest BCUT2D eigenvalue weighted by Crippen LogP contribution is 2.41. The van der Waals surface area contributed by atoms with Crippen molar-refractivity contribution in [1.82, 2.24) is 0 Å². The van der Waals surface area contributed by atoms with Crippen LogP contribution in [0.4, 0.5) is 0 Å². The minimum Gasteiger partial charge on any atom is -0.299 e. The molecule has 0 heterocycles. The summed E-state index contributed by atoms with van der Waals surface area (Å²) < 4.78 is 0. The molecule has 14 heavy (non-hydrogen) atoms. The van der Waals surface area contributed by atoms with E-state index in [1.807, 2.05) is 0 Å². The fourth-order valence-electron chi connectivity index (χ4n) is 2.93. The number of carbonyl (C=O) groups excluding carboxylic acids is 2. The summed E-state index contributed by atoms with van der Waals surface area (Å²) in [5, 5.41) is 0. The van der Waals surface area contributed by atoms with Crippen LogP contribution in [0.15, 0.2) is 0 Å². The summed E-state index contributed by atoms with van der Waals surface area (Å²) in [6.45, 7) is 0. The smallest absolute Gasteiger partial charge is 0.146 e. The molecule has 0 aromatic carbocycles. The van der Waals surface area contributed by atoms with E-state index < -0.39 is 5.41 Å². The van der Waals surface area contributed by atoms with Crippen LogP contribution < -0.4 is 0 Å². The number of ketones is 2. The highest BCUT2D eigenvalue weighted by atomic mass is 16.2. The van der Waals surface area contributed by atoms with Gasteiger partial charge in [0, 0.05) is 12.8 Å². The molecular weight excluding hydrogens is 176 g/mol. The van der Waals surface area contributed by atoms with Crippen molar-refractivity contribution < 1.29 is 9.59 Å². The molecule has 2 aliphatic rings. The summed E-state index contributed by atoms with van der Waals surface area (Å²) in [6.07, 6.45) is 8.28. The van der Waals surface area contributed by atoms with Crippen molar-refractivity contribution in [2.45, 2.75) is 57.8 Å². The highest BCUT2D eigenvalue weighted by Gasteiger charge is 2.45. The van der Waals surface area contributed by atoms with E-state index in [9.17, 15) is 9.59 Å². The normalized spacial score (nSPS) is 27.7. The third-order valence-electron chi connectivity index (χ3n) is 3.83. The second-order valence-electron chi connectivity index (χ2n) is 4.70. The van der Waals surface area contributed by atoms with E-state index >= 15 is 0 Å². The van der Waals surface area contributed by atoms with Gasteiger partial charge in [-0.25, -0.2) is 0 Å². The van der Waals surface area contributed by atoms with Gasteiger partial charge in [-0.2, -0.15) is 0 Å². The monoisotopic (exact) mass is 194 g/mol. The van der Waals surface area contributed by atoms with Crippen LogP contribution in [0.5, 0.6) is 0 Å². The van der Waals surface area contributed by atoms with E-state index in [2.05, 4.69) is 0 Å². The van der Waals surface area contributed by atoms with E-state index in [-0.39, 0.29) is 11.6 Å². The van der Waals surface area contributed by atoms with Crippen molar-refractivity contribution in [3.63, 3.8) is 0 Å². The Hall–Kier alpha value is -0.660. The predicted molar refractivity (Wildman–Crippen MR) is 54.0 cm³/mol. The van der Waals surface area contributed by atoms with Gasteiger partial charge >= 0.3 is 0 Å². The van der Waals surface area contributed by atoms with Gasteiger partial charge in [0.05, 0.1) is 5.41 Å². The van der Waals surface area contributed by atoms with Gasteiger partial charge in [0.15, 0.2) is 0 Å². The Morgan fingerprint density at radius 1 is 0.714 bits per heavy atom. The number of hydrogen-bond acceptors (Lipinski definition) is 2. The first kappa shape index (κ1) is 9.88. The highest BCUT2D eigenvalue weighted by molar-refractivity contribution is 6.08. The summed E-state index contributed by atoms with van der Waals surface area (Å²) >= 11 is 0. The Labute approximate surface area is 85.1 Å². The zero-order valence-corrected chi connectivity index (χ0v) is 8.68. The molecule has 2 heteroatoms. The second kappa shape index (κ2) is 3.84. The van der Waals surface area contributed by atoms with Crippen LogP contribution in [0, 0.1) is 5.41 Å². The first-order chi connectivity index (χ1) is 6.76. The van der Waals surface area contributed by atoms with E-state index in [0.29, 0.717) is 12.8 Å². The van der Waals surface area contributed by atoms with Crippen molar-refractivity contribution >= 4 is 11.6 Å². The van der Waals surface area contributed by atoms with Gasteiger partial charge in [0.25, 0.3) is 0 Å². The Morgan fingerprint density at radius 2 is 1.21 bits per heavy atom. The quantitative estimate of drug-likeness (QED) is 0.555. The minimum absolute atomic E-state index is 0.246. The van der Waals surface area contributed by atoms with Crippen molar-refractivity contribution in [2.75, 3.05) is 0 Å². The number of rotatable bonds is 0. The largest absolute Gasteiger partial charge is 0.299 e. The van der Waals surface area contributed by atoms with Crippen molar-refractivity contribution in [3.05, 3.63) is 0 Å². The zero-order chi connectivity index (χ0) is 10.0. The molecule has 2 nitrogen and oxygen atoms in total. The second-order valence-corrected chi connectivity index (χ2v) is 4.70. The average Bonchev–Trinajstić information content (AvgIpc) is 2.41. The fourth-order valence-corrected chi connectivity index (χ4v) is 2.93. The maximum atomic E-state index is 11.9. The fraction of sp³-hybridized carbons (Fsp3) is 0.833. The molecule has 2 aliphatic carbocycles. The van der Waals surface area contributed by atoms with Crippen molar-refractivity contribution in [2.24, 2.45) is 5.41 Å². The van der Waals surface area contributed by atoms with Gasteiger partial charge in [0.2, 0.25) is 0 Å². The van der Waals surface area contributed by atoms with Gasteiger partial charge < -0.3 is 0 Å². The molecule has 0 amide bonds. The molecule has 0 unspecified atom stereocenters. The molecule has 0 aromatic rings. The predicted octanol–water partition coefficient (Wildman–Crippen LogP) is 2.65. The van der Waals surface area contributed by atoms with Crippen LogP contribution >= 0.6 is 0 Å². The Morgan fingerprint density at radius 3 is 1.71 bits per heavy atom. The molecule has 0 radical (unpaired) electrons. The van der Waals surface area contributed by atoms with Crippen molar-refractivity contribution in [1.29, 1.82) is 0 Å². The SMILES string of the molecule is O=C1CCCC(=O)C12CCCCCC2. The van der Waals surface area contributed by atoms with Crippen LogP contribution in [0.3, 0.4) is 0 Å². The molecule has 2 fully saturated rings. The van der Waals surface area contributed by atoms with Gasteiger partial charge in [-0.3, -0.25) is 9.59 Å². The summed E-state index contributed by atoms with van der Waals surface area (Å²) in [5.74, 6) is 0.492. The Kier molecular flexibility index (Phi) is 2.71. The topological polar surface area (TPSA) is 34.1 Å². The Bertz CT molecular complexity index is 229. The minimum atomic E-state index is -0.519. The summed E-state index contributed by atoms with van der Waals surface area (Å²) in [5.41, 5.74) is -0.519. The van der Waals surface area contributed by atoms with Gasteiger partial charge in [-0.15, -0.1) is 0 Å². The summed E-state index contributed by atoms with van der Waals surface area (Å²) in [4.78, 5) is 23.8. The molecule has 0 saturated heterocycles. The molecule has 2 saturated carbocycles. The first-order valence-electron chi connectivity index (χ1n) is 5.82. The molecule has 0 N–H and O–H groups in total. The molecule has 0 bridgehead atoms. The van der Waals surface area contributed by atoms with E-state index in [4.69, 9.17) is 0 Å². The summed E-state index contributed by atoms with van der Waals surface area (Å²) in [6, 6.07) is 0. The Balaban J connectivity index is 2.23. The lowest BCUT2D eigenvalue weighted by Gasteiger charge is -2.33. The van der Waals surface area contributed by atoms with Gasteiger partial charge in [-0.1, -0.05) is 25.7 Å². The molecule has 0 atom stereocenters. The van der Waals surface area contributed by atoms with Crippen LogP contribution in [-0.2, 0) is 9.59 Å². The molecule has 0 aromatic heterocycles. The number of Topliss-reactive ketones (excluding diaryl/α,β-unsaturated/α-hetero) is 2. The van der Waals surface area contributed by atoms with Crippen LogP contribution in [0.1, 0.15) is 57.8 Å². The standard InChI is InChI=1S/C12H18O2/c13-10-6-5-7-11(14)12(10)8-3-1-2-4-9-12/h1-9H2. The molecule has 78 valence electrons. The lowest BCUT2D eigenvalue weighted by molar-refractivity contribution is -0.145. The van der Waals surface area contributed by atoms with E-state index in [1.54, 1.807) is 0 Å².